The number of hydrogen-bond donors (Lipinski definition) is 2. The molecule has 0 spiro atoms. The van der Waals surface area contributed by atoms with Crippen molar-refractivity contribution < 1.29 is 33.6 Å². The van der Waals surface area contributed by atoms with E-state index in [1.165, 1.54) is 14.2 Å². The van der Waals surface area contributed by atoms with Gasteiger partial charge < -0.3 is 34.1 Å². The van der Waals surface area contributed by atoms with Crippen molar-refractivity contribution in [3.63, 3.8) is 0 Å². The van der Waals surface area contributed by atoms with Crippen LogP contribution in [-0.2, 0) is 19.0 Å². The summed E-state index contributed by atoms with van der Waals surface area (Å²) in [4.78, 5) is 18.5. The maximum atomic E-state index is 13.7. The minimum atomic E-state index is -1.31. The predicted molar refractivity (Wildman–Crippen MR) is 135 cm³/mol. The molecule has 0 saturated heterocycles. The molecule has 36 heavy (non-hydrogen) atoms. The number of benzene rings is 2. The van der Waals surface area contributed by atoms with Crippen LogP contribution in [0.25, 0.3) is 0 Å². The largest absolute Gasteiger partial charge is 0.497 e. The zero-order valence-corrected chi connectivity index (χ0v) is 20.9. The van der Waals surface area contributed by atoms with E-state index in [0.29, 0.717) is 36.0 Å². The van der Waals surface area contributed by atoms with Crippen molar-refractivity contribution in [3.05, 3.63) is 72.3 Å². The molecule has 2 N–H and O–H groups in total. The number of rotatable bonds is 14. The first kappa shape index (κ1) is 27.2. The molecule has 3 rings (SSSR count). The molecule has 0 radical (unpaired) electrons. The van der Waals surface area contributed by atoms with E-state index in [-0.39, 0.29) is 25.5 Å². The van der Waals surface area contributed by atoms with Crippen LogP contribution in [0.1, 0.15) is 30.1 Å². The summed E-state index contributed by atoms with van der Waals surface area (Å²) < 4.78 is 27.8. The minimum Gasteiger partial charge on any atom is -0.497 e. The highest BCUT2D eigenvalue weighted by Gasteiger charge is 2.52. The van der Waals surface area contributed by atoms with Crippen LogP contribution in [-0.4, -0.2) is 69.8 Å². The second-order valence-electron chi connectivity index (χ2n) is 8.17. The van der Waals surface area contributed by atoms with Crippen molar-refractivity contribution in [2.45, 2.75) is 30.8 Å². The third-order valence-corrected chi connectivity index (χ3v) is 5.84. The number of nitrogens with one attached hydrogen (secondary N) is 1. The van der Waals surface area contributed by atoms with Gasteiger partial charge in [-0.1, -0.05) is 18.2 Å². The number of nitrogens with zero attached hydrogens (tertiary/aromatic N) is 1. The molecule has 1 aliphatic heterocycles. The van der Waals surface area contributed by atoms with Crippen molar-refractivity contribution in [1.29, 1.82) is 0 Å². The molecule has 0 aromatic heterocycles. The molecule has 1 heterocycles. The van der Waals surface area contributed by atoms with E-state index in [1.54, 1.807) is 25.3 Å². The van der Waals surface area contributed by atoms with Crippen LogP contribution in [0.4, 0.5) is 0 Å². The first-order chi connectivity index (χ1) is 17.5. The summed E-state index contributed by atoms with van der Waals surface area (Å²) in [6, 6.07) is 14.6. The number of methoxy groups -OCH3 is 3. The fourth-order valence-electron chi connectivity index (χ4n) is 3.93. The maximum Gasteiger partial charge on any atom is 0.252 e. The Labute approximate surface area is 211 Å². The van der Waals surface area contributed by atoms with Crippen LogP contribution >= 0.6 is 0 Å². The molecule has 1 amide bonds. The van der Waals surface area contributed by atoms with Gasteiger partial charge in [0.05, 0.1) is 20.3 Å². The number of carbonyl (C=O) groups is 1. The van der Waals surface area contributed by atoms with Crippen LogP contribution in [0.15, 0.2) is 66.2 Å². The second kappa shape index (κ2) is 13.1. The Balaban J connectivity index is 1.98. The van der Waals surface area contributed by atoms with Crippen molar-refractivity contribution in [2.75, 3.05) is 41.1 Å². The molecule has 2 aromatic rings. The average Bonchev–Trinajstić information content (AvgIpc) is 3.30. The lowest BCUT2D eigenvalue weighted by Crippen LogP contribution is -2.50. The van der Waals surface area contributed by atoms with E-state index in [1.807, 2.05) is 36.4 Å². The van der Waals surface area contributed by atoms with Gasteiger partial charge in [0.1, 0.15) is 11.5 Å². The Morgan fingerprint density at radius 2 is 1.94 bits per heavy atom. The van der Waals surface area contributed by atoms with Crippen LogP contribution in [0.5, 0.6) is 11.5 Å². The first-order valence-corrected chi connectivity index (χ1v) is 11.7. The Morgan fingerprint density at radius 1 is 1.19 bits per heavy atom. The fraction of sp³-hybridized carbons (Fsp3) is 0.407. The summed E-state index contributed by atoms with van der Waals surface area (Å²) in [5, 5.41) is 11.8. The zero-order chi connectivity index (χ0) is 26.0. The van der Waals surface area contributed by atoms with E-state index in [9.17, 15) is 4.79 Å². The van der Waals surface area contributed by atoms with Gasteiger partial charge in [0, 0.05) is 39.2 Å². The van der Waals surface area contributed by atoms with Gasteiger partial charge in [0.15, 0.2) is 17.9 Å². The van der Waals surface area contributed by atoms with Gasteiger partial charge >= 0.3 is 0 Å². The molecule has 0 unspecified atom stereocenters. The van der Waals surface area contributed by atoms with Gasteiger partial charge in [-0.3, -0.25) is 4.79 Å². The molecule has 1 aliphatic rings. The van der Waals surface area contributed by atoms with Crippen LogP contribution in [0.3, 0.4) is 0 Å². The summed E-state index contributed by atoms with van der Waals surface area (Å²) in [5.74, 6) is 1.29. The van der Waals surface area contributed by atoms with E-state index in [2.05, 4.69) is 11.9 Å². The van der Waals surface area contributed by atoms with Gasteiger partial charge in [-0.2, -0.15) is 0 Å². The smallest absolute Gasteiger partial charge is 0.252 e. The lowest BCUT2D eigenvalue weighted by atomic mass is 9.84. The van der Waals surface area contributed by atoms with Crippen molar-refractivity contribution in [2.24, 2.45) is 4.99 Å². The molecule has 0 bridgehead atoms. The fourth-order valence-corrected chi connectivity index (χ4v) is 3.93. The molecular formula is C27H34N2O7. The molecule has 9 heteroatoms. The highest BCUT2D eigenvalue weighted by atomic mass is 16.7. The number of carbonyl (C=O) groups excluding carboxylic acids is 1. The topological polar surface area (TPSA) is 108 Å². The lowest BCUT2D eigenvalue weighted by Gasteiger charge is -2.30. The third kappa shape index (κ3) is 6.23. The lowest BCUT2D eigenvalue weighted by molar-refractivity contribution is -0.134. The maximum absolute atomic E-state index is 13.7. The normalized spacial score (nSPS) is 18.9. The Morgan fingerprint density at radius 3 is 2.58 bits per heavy atom. The zero-order valence-electron chi connectivity index (χ0n) is 20.9. The number of aliphatic hydroxyl groups excluding tert-OH is 1. The van der Waals surface area contributed by atoms with E-state index in [0.717, 1.165) is 5.56 Å². The van der Waals surface area contributed by atoms with Gasteiger partial charge in [-0.25, -0.2) is 4.99 Å². The molecule has 0 aliphatic carbocycles. The Kier molecular flexibility index (Phi) is 9.86. The number of amides is 1. The quantitative estimate of drug-likeness (QED) is 0.234. The highest BCUT2D eigenvalue weighted by Crippen LogP contribution is 2.43. The minimum absolute atomic E-state index is 0.0668. The van der Waals surface area contributed by atoms with E-state index >= 15 is 0 Å². The SMILES string of the molecule is C=CC[C@@]1(C(=O)NCC(OC)OC)N=C(c2ccc(OCCCO)cc2)O[C@@H]1c1cccc(OC)c1. The van der Waals surface area contributed by atoms with Crippen LogP contribution in [0, 0.1) is 0 Å². The molecule has 2 aromatic carbocycles. The molecular weight excluding hydrogens is 464 g/mol. The Hall–Kier alpha value is -3.40. The van der Waals surface area contributed by atoms with Gasteiger partial charge in [-0.05, 0) is 42.0 Å². The summed E-state index contributed by atoms with van der Waals surface area (Å²) in [6.45, 7) is 4.49. The Bertz CT molecular complexity index is 1040. The van der Waals surface area contributed by atoms with Gasteiger partial charge in [0.2, 0.25) is 5.90 Å². The predicted octanol–water partition coefficient (Wildman–Crippen LogP) is 3.02. The molecule has 2 atom stereocenters. The first-order valence-electron chi connectivity index (χ1n) is 11.7. The van der Waals surface area contributed by atoms with Gasteiger partial charge in [-0.15, -0.1) is 6.58 Å². The van der Waals surface area contributed by atoms with E-state index < -0.39 is 17.9 Å². The van der Waals surface area contributed by atoms with Crippen LogP contribution < -0.4 is 14.8 Å². The number of hydrogen-bond acceptors (Lipinski definition) is 8. The number of ether oxygens (including phenoxy) is 5. The summed E-state index contributed by atoms with van der Waals surface area (Å²) in [7, 11) is 4.59. The molecule has 0 fully saturated rings. The monoisotopic (exact) mass is 498 g/mol. The van der Waals surface area contributed by atoms with Gasteiger partial charge in [0.25, 0.3) is 5.91 Å². The van der Waals surface area contributed by atoms with Crippen molar-refractivity contribution in [1.82, 2.24) is 5.32 Å². The third-order valence-electron chi connectivity index (χ3n) is 5.84. The highest BCUT2D eigenvalue weighted by molar-refractivity contribution is 6.01. The summed E-state index contributed by atoms with van der Waals surface area (Å²) in [5.41, 5.74) is 0.123. The van der Waals surface area contributed by atoms with Crippen molar-refractivity contribution >= 4 is 11.8 Å². The standard InChI is InChI=1S/C27H34N2O7/c1-5-14-27(26(31)28-18-23(33-3)34-4)24(20-8-6-9-22(17-20)32-2)36-25(29-27)19-10-12-21(13-11-19)35-16-7-15-30/h5-6,8-13,17,23-24,30H,1,7,14-16,18H2,2-4H3,(H,28,31)/t24-,27-/m1/s1. The summed E-state index contributed by atoms with van der Waals surface area (Å²) >= 11 is 0. The van der Waals surface area contributed by atoms with E-state index in [4.69, 9.17) is 33.8 Å². The second-order valence-corrected chi connectivity index (χ2v) is 8.17. The number of aliphatic imine (C=N–C) groups is 1. The molecule has 0 saturated carbocycles. The average molecular weight is 499 g/mol. The summed E-state index contributed by atoms with van der Waals surface area (Å²) in [6.07, 6.45) is 1.10. The van der Waals surface area contributed by atoms with Crippen LogP contribution in [0.2, 0.25) is 0 Å². The molecule has 194 valence electrons. The molecule has 9 nitrogen and oxygen atoms in total. The van der Waals surface area contributed by atoms with Crippen molar-refractivity contribution in [3.8, 4) is 11.5 Å². The number of aliphatic hydroxyl groups is 1.